The highest BCUT2D eigenvalue weighted by Crippen LogP contribution is 2.27. The molecule has 0 atom stereocenters. The van der Waals surface area contributed by atoms with Gasteiger partial charge in [0.1, 0.15) is 10.9 Å². The van der Waals surface area contributed by atoms with E-state index in [1.165, 1.54) is 11.3 Å². The Morgan fingerprint density at radius 1 is 1.20 bits per heavy atom. The maximum absolute atomic E-state index is 11.8. The zero-order chi connectivity index (χ0) is 13.9. The van der Waals surface area contributed by atoms with Crippen LogP contribution in [0.1, 0.15) is 11.3 Å². The summed E-state index contributed by atoms with van der Waals surface area (Å²) >= 11 is 1.44. The molecule has 3 nitrogen and oxygen atoms in total. The van der Waals surface area contributed by atoms with Crippen molar-refractivity contribution in [2.45, 2.75) is 6.42 Å². The maximum Gasteiger partial charge on any atom is 0.250 e. The van der Waals surface area contributed by atoms with E-state index in [0.29, 0.717) is 4.88 Å². The van der Waals surface area contributed by atoms with Gasteiger partial charge in [-0.2, -0.15) is 5.26 Å². The SMILES string of the molecule is N#Cc1cc(-c2ccc(N3CCC=CC3=O)cc2)cs1. The normalized spacial score (nSPS) is 14.3. The van der Waals surface area contributed by atoms with Gasteiger partial charge in [-0.25, -0.2) is 0 Å². The first kappa shape index (κ1) is 12.6. The molecule has 0 saturated carbocycles. The van der Waals surface area contributed by atoms with E-state index in [1.54, 1.807) is 11.0 Å². The van der Waals surface area contributed by atoms with Gasteiger partial charge in [0.05, 0.1) is 0 Å². The first-order valence-corrected chi connectivity index (χ1v) is 7.23. The van der Waals surface area contributed by atoms with Gasteiger partial charge in [0, 0.05) is 12.2 Å². The van der Waals surface area contributed by atoms with Crippen molar-refractivity contribution in [1.29, 1.82) is 5.26 Å². The Bertz CT molecular complexity index is 707. The van der Waals surface area contributed by atoms with Crippen molar-refractivity contribution in [1.82, 2.24) is 0 Å². The van der Waals surface area contributed by atoms with Gasteiger partial charge in [-0.15, -0.1) is 11.3 Å². The number of hydrogen-bond donors (Lipinski definition) is 0. The summed E-state index contributed by atoms with van der Waals surface area (Å²) in [7, 11) is 0. The lowest BCUT2D eigenvalue weighted by atomic mass is 10.1. The molecule has 1 amide bonds. The number of amides is 1. The standard InChI is InChI=1S/C16H12N2OS/c17-10-15-9-13(11-20-15)12-4-6-14(7-5-12)18-8-2-1-3-16(18)19/h1,3-7,9,11H,2,8H2. The second kappa shape index (κ2) is 5.32. The average Bonchev–Trinajstić information content (AvgIpc) is 2.97. The monoisotopic (exact) mass is 280 g/mol. The Balaban J connectivity index is 1.86. The van der Waals surface area contributed by atoms with Crippen molar-refractivity contribution in [3.05, 3.63) is 52.7 Å². The van der Waals surface area contributed by atoms with Crippen LogP contribution in [-0.4, -0.2) is 12.5 Å². The van der Waals surface area contributed by atoms with E-state index in [4.69, 9.17) is 5.26 Å². The molecule has 3 rings (SSSR count). The Labute approximate surface area is 121 Å². The lowest BCUT2D eigenvalue weighted by Gasteiger charge is -2.23. The topological polar surface area (TPSA) is 44.1 Å². The van der Waals surface area contributed by atoms with Crippen molar-refractivity contribution in [3.8, 4) is 17.2 Å². The van der Waals surface area contributed by atoms with Gasteiger partial charge in [0.25, 0.3) is 5.91 Å². The molecular weight excluding hydrogens is 268 g/mol. The molecule has 2 aromatic rings. The molecule has 0 unspecified atom stereocenters. The number of benzene rings is 1. The Morgan fingerprint density at radius 2 is 2.00 bits per heavy atom. The second-order valence-corrected chi connectivity index (χ2v) is 5.45. The Morgan fingerprint density at radius 3 is 2.65 bits per heavy atom. The smallest absolute Gasteiger partial charge is 0.250 e. The van der Waals surface area contributed by atoms with Crippen LogP contribution in [0.4, 0.5) is 5.69 Å². The minimum atomic E-state index is 0.0336. The van der Waals surface area contributed by atoms with Crippen LogP contribution in [0.25, 0.3) is 11.1 Å². The van der Waals surface area contributed by atoms with Crippen LogP contribution in [0, 0.1) is 11.3 Å². The summed E-state index contributed by atoms with van der Waals surface area (Å²) in [6.45, 7) is 0.728. The van der Waals surface area contributed by atoms with Gasteiger partial charge >= 0.3 is 0 Å². The van der Waals surface area contributed by atoms with Crippen LogP contribution in [0.15, 0.2) is 47.9 Å². The van der Waals surface area contributed by atoms with Crippen LogP contribution in [-0.2, 0) is 4.79 Å². The van der Waals surface area contributed by atoms with Crippen molar-refractivity contribution in [2.75, 3.05) is 11.4 Å². The number of carbonyl (C=O) groups excluding carboxylic acids is 1. The molecule has 0 N–H and O–H groups in total. The molecule has 1 aromatic carbocycles. The van der Waals surface area contributed by atoms with E-state index in [1.807, 2.05) is 41.8 Å². The predicted molar refractivity (Wildman–Crippen MR) is 80.6 cm³/mol. The molecule has 20 heavy (non-hydrogen) atoms. The highest BCUT2D eigenvalue weighted by molar-refractivity contribution is 7.10. The number of anilines is 1. The summed E-state index contributed by atoms with van der Waals surface area (Å²) in [5.74, 6) is 0.0336. The molecule has 0 spiro atoms. The van der Waals surface area contributed by atoms with Gasteiger partial charge in [-0.05, 0) is 47.2 Å². The largest absolute Gasteiger partial charge is 0.309 e. The molecule has 2 heterocycles. The predicted octanol–water partition coefficient (Wildman–Crippen LogP) is 3.58. The Hall–Kier alpha value is -2.38. The van der Waals surface area contributed by atoms with Gasteiger partial charge in [0.15, 0.2) is 0 Å². The van der Waals surface area contributed by atoms with Gasteiger partial charge < -0.3 is 4.90 Å². The quantitative estimate of drug-likeness (QED) is 0.844. The van der Waals surface area contributed by atoms with Crippen LogP contribution in [0.5, 0.6) is 0 Å². The number of rotatable bonds is 2. The fraction of sp³-hybridized carbons (Fsp3) is 0.125. The third-order valence-corrected chi connectivity index (χ3v) is 4.10. The summed E-state index contributed by atoms with van der Waals surface area (Å²) in [4.78, 5) is 14.3. The van der Waals surface area contributed by atoms with E-state index in [2.05, 4.69) is 6.07 Å². The molecular formula is C16H12N2OS. The van der Waals surface area contributed by atoms with E-state index in [-0.39, 0.29) is 5.91 Å². The molecule has 0 bridgehead atoms. The molecule has 0 fully saturated rings. The zero-order valence-corrected chi connectivity index (χ0v) is 11.6. The van der Waals surface area contributed by atoms with Crippen molar-refractivity contribution < 1.29 is 4.79 Å². The number of carbonyl (C=O) groups is 1. The van der Waals surface area contributed by atoms with Crippen molar-refractivity contribution >= 4 is 22.9 Å². The molecule has 1 aromatic heterocycles. The number of nitriles is 1. The molecule has 4 heteroatoms. The molecule has 0 saturated heterocycles. The third-order valence-electron chi connectivity index (χ3n) is 3.27. The van der Waals surface area contributed by atoms with Crippen LogP contribution in [0.2, 0.25) is 0 Å². The zero-order valence-electron chi connectivity index (χ0n) is 10.7. The van der Waals surface area contributed by atoms with E-state index >= 15 is 0 Å². The Kier molecular flexibility index (Phi) is 3.36. The van der Waals surface area contributed by atoms with Gasteiger partial charge in [0.2, 0.25) is 0 Å². The summed E-state index contributed by atoms with van der Waals surface area (Å²) in [6, 6.07) is 11.9. The number of thiophene rings is 1. The first-order valence-electron chi connectivity index (χ1n) is 6.35. The summed E-state index contributed by atoms with van der Waals surface area (Å²) < 4.78 is 0. The van der Waals surface area contributed by atoms with E-state index < -0.39 is 0 Å². The van der Waals surface area contributed by atoms with Crippen LogP contribution >= 0.6 is 11.3 Å². The molecule has 0 aliphatic carbocycles. The summed E-state index contributed by atoms with van der Waals surface area (Å²) in [5.41, 5.74) is 3.02. The molecule has 98 valence electrons. The summed E-state index contributed by atoms with van der Waals surface area (Å²) in [6.07, 6.45) is 4.42. The van der Waals surface area contributed by atoms with E-state index in [9.17, 15) is 4.79 Å². The average molecular weight is 280 g/mol. The molecule has 0 radical (unpaired) electrons. The number of hydrogen-bond acceptors (Lipinski definition) is 3. The summed E-state index contributed by atoms with van der Waals surface area (Å²) in [5, 5.41) is 10.8. The highest BCUT2D eigenvalue weighted by atomic mass is 32.1. The number of nitrogens with zero attached hydrogens (tertiary/aromatic N) is 2. The van der Waals surface area contributed by atoms with Gasteiger partial charge in [-0.1, -0.05) is 18.2 Å². The molecule has 1 aliphatic heterocycles. The maximum atomic E-state index is 11.8. The molecule has 1 aliphatic rings. The minimum absolute atomic E-state index is 0.0336. The third kappa shape index (κ3) is 2.36. The van der Waals surface area contributed by atoms with E-state index in [0.717, 1.165) is 29.8 Å². The van der Waals surface area contributed by atoms with Gasteiger partial charge in [-0.3, -0.25) is 4.79 Å². The first-order chi connectivity index (χ1) is 9.78. The lowest BCUT2D eigenvalue weighted by Crippen LogP contribution is -2.32. The van der Waals surface area contributed by atoms with Crippen LogP contribution in [0.3, 0.4) is 0 Å². The van der Waals surface area contributed by atoms with Crippen molar-refractivity contribution in [3.63, 3.8) is 0 Å². The minimum Gasteiger partial charge on any atom is -0.309 e. The van der Waals surface area contributed by atoms with Crippen molar-refractivity contribution in [2.24, 2.45) is 0 Å². The lowest BCUT2D eigenvalue weighted by molar-refractivity contribution is -0.114. The highest BCUT2D eigenvalue weighted by Gasteiger charge is 2.15. The van der Waals surface area contributed by atoms with Crippen LogP contribution < -0.4 is 4.90 Å². The fourth-order valence-corrected chi connectivity index (χ4v) is 2.93. The second-order valence-electron chi connectivity index (χ2n) is 4.54. The fourth-order valence-electron chi connectivity index (χ4n) is 2.22.